The third-order valence-electron chi connectivity index (χ3n) is 3.32. The number of esters is 1. The van der Waals surface area contributed by atoms with E-state index < -0.39 is 30.2 Å². The maximum atomic E-state index is 12.0. The predicted molar refractivity (Wildman–Crippen MR) is 89.1 cm³/mol. The molecule has 1 atom stereocenters. The molecule has 0 saturated carbocycles. The highest BCUT2D eigenvalue weighted by Gasteiger charge is 2.19. The molecule has 1 heterocycles. The van der Waals surface area contributed by atoms with E-state index in [4.69, 9.17) is 9.15 Å². The van der Waals surface area contributed by atoms with Gasteiger partial charge < -0.3 is 19.8 Å². The van der Waals surface area contributed by atoms with Crippen LogP contribution in [0.4, 0.5) is 0 Å². The van der Waals surface area contributed by atoms with E-state index in [0.717, 1.165) is 0 Å². The molecule has 8 nitrogen and oxygen atoms in total. The van der Waals surface area contributed by atoms with Crippen LogP contribution in [0.5, 0.6) is 0 Å². The first-order chi connectivity index (χ1) is 11.9. The van der Waals surface area contributed by atoms with E-state index in [0.29, 0.717) is 17.5 Å². The summed E-state index contributed by atoms with van der Waals surface area (Å²) in [5, 5.41) is 5.50. The van der Waals surface area contributed by atoms with E-state index in [1.54, 1.807) is 31.2 Å². The first-order valence-corrected chi connectivity index (χ1v) is 7.69. The lowest BCUT2D eigenvalue weighted by Crippen LogP contribution is -2.46. The van der Waals surface area contributed by atoms with Crippen LogP contribution in [-0.2, 0) is 14.3 Å². The Morgan fingerprint density at radius 3 is 2.68 bits per heavy atom. The molecule has 1 aromatic heterocycles. The second-order valence-corrected chi connectivity index (χ2v) is 5.25. The van der Waals surface area contributed by atoms with Crippen LogP contribution >= 0.6 is 0 Å². The molecule has 132 valence electrons. The van der Waals surface area contributed by atoms with E-state index in [1.165, 1.54) is 13.0 Å². The molecule has 0 fully saturated rings. The Bertz CT molecular complexity index is 858. The van der Waals surface area contributed by atoms with Crippen molar-refractivity contribution < 1.29 is 23.5 Å². The molecular formula is C17H18N2O6. The topological polar surface area (TPSA) is 115 Å². The first kappa shape index (κ1) is 18.2. The quantitative estimate of drug-likeness (QED) is 0.584. The molecule has 2 amide bonds. The van der Waals surface area contributed by atoms with E-state index in [-0.39, 0.29) is 11.5 Å². The van der Waals surface area contributed by atoms with Gasteiger partial charge in [0.05, 0.1) is 0 Å². The number of rotatable bonds is 6. The summed E-state index contributed by atoms with van der Waals surface area (Å²) in [6.45, 7) is 3.08. The van der Waals surface area contributed by atoms with Crippen LogP contribution in [0.1, 0.15) is 24.2 Å². The third kappa shape index (κ3) is 4.66. The second kappa shape index (κ2) is 8.09. The number of hydrogen-bond acceptors (Lipinski definition) is 6. The molecule has 2 N–H and O–H groups in total. The molecule has 0 aliphatic rings. The second-order valence-electron chi connectivity index (χ2n) is 5.25. The number of carbonyl (C=O) groups excluding carboxylic acids is 3. The number of fused-ring (bicyclic) bond motifs is 1. The monoisotopic (exact) mass is 346 g/mol. The van der Waals surface area contributed by atoms with Crippen molar-refractivity contribution in [3.63, 3.8) is 0 Å². The van der Waals surface area contributed by atoms with Gasteiger partial charge in [0.25, 0.3) is 5.91 Å². The van der Waals surface area contributed by atoms with Gasteiger partial charge in [0.1, 0.15) is 17.2 Å². The number of benzene rings is 1. The van der Waals surface area contributed by atoms with Gasteiger partial charge in [0.2, 0.25) is 5.91 Å². The zero-order chi connectivity index (χ0) is 18.4. The highest BCUT2D eigenvalue weighted by Crippen LogP contribution is 2.13. The van der Waals surface area contributed by atoms with Crippen molar-refractivity contribution in [2.24, 2.45) is 0 Å². The Morgan fingerprint density at radius 1 is 1.24 bits per heavy atom. The van der Waals surface area contributed by atoms with Crippen molar-refractivity contribution >= 4 is 28.8 Å². The van der Waals surface area contributed by atoms with Crippen LogP contribution in [0, 0.1) is 0 Å². The fraction of sp³-hybridized carbons (Fsp3) is 0.294. The minimum Gasteiger partial charge on any atom is -0.452 e. The standard InChI is InChI=1S/C17H18N2O6/c1-3-18-15(21)10(2)19-14(20)9-24-16(22)12-8-11-6-4-5-7-13(11)25-17(12)23/h4-8,10H,3,9H2,1-2H3,(H,18,21)(H,19,20)/t10-/m1/s1. The van der Waals surface area contributed by atoms with E-state index >= 15 is 0 Å². The normalized spacial score (nSPS) is 11.6. The number of amides is 2. The average Bonchev–Trinajstić information content (AvgIpc) is 2.59. The molecule has 0 bridgehead atoms. The highest BCUT2D eigenvalue weighted by atomic mass is 16.5. The van der Waals surface area contributed by atoms with Gasteiger partial charge in [0, 0.05) is 11.9 Å². The SMILES string of the molecule is CCNC(=O)[C@@H](C)NC(=O)COC(=O)c1cc2ccccc2oc1=O. The highest BCUT2D eigenvalue weighted by molar-refractivity contribution is 5.94. The minimum absolute atomic E-state index is 0.303. The molecular weight excluding hydrogens is 328 g/mol. The third-order valence-corrected chi connectivity index (χ3v) is 3.32. The number of carbonyl (C=O) groups is 3. The van der Waals surface area contributed by atoms with Gasteiger partial charge in [-0.05, 0) is 26.0 Å². The predicted octanol–water partition coefficient (Wildman–Crippen LogP) is 0.591. The van der Waals surface area contributed by atoms with E-state index in [1.807, 2.05) is 0 Å². The van der Waals surface area contributed by atoms with Crippen molar-refractivity contribution in [2.75, 3.05) is 13.2 Å². The zero-order valence-electron chi connectivity index (χ0n) is 13.8. The summed E-state index contributed by atoms with van der Waals surface area (Å²) in [6.07, 6.45) is 0. The number of nitrogens with one attached hydrogen (secondary N) is 2. The van der Waals surface area contributed by atoms with Gasteiger partial charge in [-0.1, -0.05) is 18.2 Å². The molecule has 0 spiro atoms. The van der Waals surface area contributed by atoms with Gasteiger partial charge in [0.15, 0.2) is 6.61 Å². The average molecular weight is 346 g/mol. The Morgan fingerprint density at radius 2 is 1.96 bits per heavy atom. The molecule has 0 saturated heterocycles. The summed E-state index contributed by atoms with van der Waals surface area (Å²) in [6, 6.07) is 7.28. The van der Waals surface area contributed by atoms with Crippen LogP contribution in [0.2, 0.25) is 0 Å². The maximum absolute atomic E-state index is 12.0. The Kier molecular flexibility index (Phi) is 5.89. The van der Waals surface area contributed by atoms with Crippen molar-refractivity contribution in [3.05, 3.63) is 46.3 Å². The minimum atomic E-state index is -0.972. The van der Waals surface area contributed by atoms with Gasteiger partial charge in [-0.3, -0.25) is 9.59 Å². The summed E-state index contributed by atoms with van der Waals surface area (Å²) in [7, 11) is 0. The van der Waals surface area contributed by atoms with Crippen LogP contribution in [0.3, 0.4) is 0 Å². The molecule has 0 unspecified atom stereocenters. The first-order valence-electron chi connectivity index (χ1n) is 7.69. The van der Waals surface area contributed by atoms with Crippen LogP contribution in [0.15, 0.2) is 39.5 Å². The lowest BCUT2D eigenvalue weighted by Gasteiger charge is -2.13. The Balaban J connectivity index is 1.98. The van der Waals surface area contributed by atoms with E-state index in [2.05, 4.69) is 10.6 Å². The molecule has 1 aromatic carbocycles. The van der Waals surface area contributed by atoms with Crippen molar-refractivity contribution in [1.82, 2.24) is 10.6 Å². The molecule has 2 aromatic rings. The number of ether oxygens (including phenoxy) is 1. The van der Waals surface area contributed by atoms with Gasteiger partial charge in [-0.2, -0.15) is 0 Å². The fourth-order valence-corrected chi connectivity index (χ4v) is 2.09. The van der Waals surface area contributed by atoms with Crippen molar-refractivity contribution in [3.8, 4) is 0 Å². The largest absolute Gasteiger partial charge is 0.452 e. The summed E-state index contributed by atoms with van der Waals surface area (Å²) < 4.78 is 9.85. The molecule has 25 heavy (non-hydrogen) atoms. The summed E-state index contributed by atoms with van der Waals surface area (Å²) in [5.41, 5.74) is -0.805. The fourth-order valence-electron chi connectivity index (χ4n) is 2.09. The summed E-state index contributed by atoms with van der Waals surface area (Å²) in [4.78, 5) is 47.1. The van der Waals surface area contributed by atoms with Crippen molar-refractivity contribution in [1.29, 1.82) is 0 Å². The molecule has 2 rings (SSSR count). The smallest absolute Gasteiger partial charge is 0.351 e. The summed E-state index contributed by atoms with van der Waals surface area (Å²) in [5.74, 6) is -1.98. The Hall–Kier alpha value is -3.16. The Labute approximate surface area is 143 Å². The lowest BCUT2D eigenvalue weighted by atomic mass is 10.2. The lowest BCUT2D eigenvalue weighted by molar-refractivity contribution is -0.130. The summed E-state index contributed by atoms with van der Waals surface area (Å²) >= 11 is 0. The number of likely N-dealkylation sites (N-methyl/N-ethyl adjacent to an activating group) is 1. The van der Waals surface area contributed by atoms with Crippen molar-refractivity contribution in [2.45, 2.75) is 19.9 Å². The van der Waals surface area contributed by atoms with Gasteiger partial charge in [-0.15, -0.1) is 0 Å². The van der Waals surface area contributed by atoms with Gasteiger partial charge in [-0.25, -0.2) is 9.59 Å². The maximum Gasteiger partial charge on any atom is 0.351 e. The molecule has 0 aliphatic heterocycles. The van der Waals surface area contributed by atoms with Crippen LogP contribution in [-0.4, -0.2) is 37.0 Å². The zero-order valence-corrected chi connectivity index (χ0v) is 13.8. The molecule has 0 radical (unpaired) electrons. The van der Waals surface area contributed by atoms with Gasteiger partial charge >= 0.3 is 11.6 Å². The number of para-hydroxylation sites is 1. The van der Waals surface area contributed by atoms with E-state index in [9.17, 15) is 19.2 Å². The van der Waals surface area contributed by atoms with Crippen LogP contribution < -0.4 is 16.3 Å². The molecule has 8 heteroatoms. The number of hydrogen-bond donors (Lipinski definition) is 2. The van der Waals surface area contributed by atoms with Crippen LogP contribution in [0.25, 0.3) is 11.0 Å². The molecule has 0 aliphatic carbocycles.